The van der Waals surface area contributed by atoms with Crippen molar-refractivity contribution in [3.8, 4) is 0 Å². The van der Waals surface area contributed by atoms with Crippen LogP contribution in [0.1, 0.15) is 23.2 Å². The minimum atomic E-state index is -0.299. The largest absolute Gasteiger partial charge is 0.355 e. The van der Waals surface area contributed by atoms with Gasteiger partial charge in [0.25, 0.3) is 11.5 Å². The normalized spacial score (nSPS) is 15.3. The third-order valence-electron chi connectivity index (χ3n) is 4.41. The van der Waals surface area contributed by atoms with Gasteiger partial charge >= 0.3 is 0 Å². The van der Waals surface area contributed by atoms with Crippen LogP contribution in [-0.4, -0.2) is 40.1 Å². The van der Waals surface area contributed by atoms with Crippen molar-refractivity contribution in [3.63, 3.8) is 0 Å². The summed E-state index contributed by atoms with van der Waals surface area (Å²) in [5, 5.41) is 2.89. The Morgan fingerprint density at radius 3 is 2.83 bits per heavy atom. The lowest BCUT2D eigenvalue weighted by Gasteiger charge is -2.32. The lowest BCUT2D eigenvalue weighted by atomic mass is 9.96. The van der Waals surface area contributed by atoms with Crippen molar-refractivity contribution in [3.05, 3.63) is 52.8 Å². The van der Waals surface area contributed by atoms with Crippen LogP contribution >= 0.6 is 0 Å². The molecule has 0 saturated carbocycles. The topological polar surface area (TPSA) is 80.1 Å². The zero-order valence-electron chi connectivity index (χ0n) is 13.7. The maximum atomic E-state index is 12.2. The number of nitrogens with zero attached hydrogens (tertiary/aromatic N) is 4. The second kappa shape index (κ2) is 7.25. The average molecular weight is 327 g/mol. The molecule has 126 valence electrons. The predicted octanol–water partition coefficient (Wildman–Crippen LogP) is 0.822. The lowest BCUT2D eigenvalue weighted by molar-refractivity contribution is 0.0943. The molecule has 0 unspecified atom stereocenters. The van der Waals surface area contributed by atoms with Gasteiger partial charge < -0.3 is 14.8 Å². The first-order chi connectivity index (χ1) is 11.6. The Balaban J connectivity index is 1.51. The van der Waals surface area contributed by atoms with Crippen LogP contribution in [0.2, 0.25) is 0 Å². The second-order valence-electron chi connectivity index (χ2n) is 6.04. The minimum Gasteiger partial charge on any atom is -0.355 e. The Bertz CT molecular complexity index is 751. The molecule has 1 saturated heterocycles. The summed E-state index contributed by atoms with van der Waals surface area (Å²) in [5.74, 6) is 1.01. The number of aryl methyl sites for hydroxylation is 1. The molecule has 2 aromatic heterocycles. The molecular formula is C17H21N5O2. The van der Waals surface area contributed by atoms with Gasteiger partial charge in [0.2, 0.25) is 0 Å². The highest BCUT2D eigenvalue weighted by atomic mass is 16.2. The van der Waals surface area contributed by atoms with Gasteiger partial charge in [-0.05, 0) is 30.9 Å². The van der Waals surface area contributed by atoms with E-state index in [1.807, 2.05) is 0 Å². The first kappa shape index (κ1) is 16.2. The zero-order valence-corrected chi connectivity index (χ0v) is 13.7. The summed E-state index contributed by atoms with van der Waals surface area (Å²) < 4.78 is 1.41. The van der Waals surface area contributed by atoms with E-state index in [2.05, 4.69) is 20.2 Å². The Hall–Kier alpha value is -2.70. The Morgan fingerprint density at radius 2 is 2.12 bits per heavy atom. The van der Waals surface area contributed by atoms with E-state index in [1.165, 1.54) is 4.57 Å². The van der Waals surface area contributed by atoms with Gasteiger partial charge in [0.15, 0.2) is 0 Å². The van der Waals surface area contributed by atoms with Gasteiger partial charge in [0, 0.05) is 45.3 Å². The Labute approximate surface area is 140 Å². The molecule has 1 aliphatic rings. The molecule has 0 bridgehead atoms. The molecule has 0 spiro atoms. The van der Waals surface area contributed by atoms with Crippen molar-refractivity contribution in [1.29, 1.82) is 0 Å². The summed E-state index contributed by atoms with van der Waals surface area (Å²) in [6, 6.07) is 3.27. The van der Waals surface area contributed by atoms with Gasteiger partial charge in [-0.1, -0.05) is 0 Å². The fourth-order valence-corrected chi connectivity index (χ4v) is 2.92. The maximum Gasteiger partial charge on any atom is 0.263 e. The van der Waals surface area contributed by atoms with Gasteiger partial charge in [-0.3, -0.25) is 14.6 Å². The highest BCUT2D eigenvalue weighted by Crippen LogP contribution is 2.20. The fraction of sp³-hybridized carbons (Fsp3) is 0.412. The molecule has 1 amide bonds. The molecule has 1 fully saturated rings. The maximum absolute atomic E-state index is 12.2. The van der Waals surface area contributed by atoms with E-state index in [4.69, 9.17) is 0 Å². The van der Waals surface area contributed by atoms with Crippen molar-refractivity contribution < 1.29 is 4.79 Å². The number of carbonyl (C=O) groups is 1. The Morgan fingerprint density at radius 1 is 1.33 bits per heavy atom. The molecule has 0 radical (unpaired) electrons. The number of nitrogens with one attached hydrogen (secondary N) is 1. The highest BCUT2D eigenvalue weighted by molar-refractivity contribution is 5.93. The molecule has 7 nitrogen and oxygen atoms in total. The molecule has 0 atom stereocenters. The van der Waals surface area contributed by atoms with Crippen molar-refractivity contribution in [1.82, 2.24) is 19.9 Å². The van der Waals surface area contributed by atoms with Crippen molar-refractivity contribution >= 4 is 11.7 Å². The summed E-state index contributed by atoms with van der Waals surface area (Å²) >= 11 is 0. The molecule has 0 aromatic carbocycles. The van der Waals surface area contributed by atoms with Crippen LogP contribution in [0.5, 0.6) is 0 Å². The third kappa shape index (κ3) is 3.61. The van der Waals surface area contributed by atoms with E-state index in [1.54, 1.807) is 44.0 Å². The molecule has 1 aliphatic heterocycles. The smallest absolute Gasteiger partial charge is 0.263 e. The van der Waals surface area contributed by atoms with Crippen LogP contribution in [-0.2, 0) is 7.05 Å². The number of rotatable bonds is 4. The zero-order chi connectivity index (χ0) is 16.9. The van der Waals surface area contributed by atoms with Crippen LogP contribution in [0.25, 0.3) is 0 Å². The standard InChI is InChI=1S/C17H21N5O2/c1-21-8-2-3-14(17(21)24)16(23)20-11-13-4-9-22(10-5-13)15-12-18-6-7-19-15/h2-3,6-8,12-13H,4-5,9-11H2,1H3,(H,20,23). The molecule has 2 aromatic rings. The SMILES string of the molecule is Cn1cccc(C(=O)NCC2CCN(c3cnccn3)CC2)c1=O. The number of hydrogen-bond acceptors (Lipinski definition) is 5. The van der Waals surface area contributed by atoms with Gasteiger partial charge in [0.1, 0.15) is 11.4 Å². The fourth-order valence-electron chi connectivity index (χ4n) is 2.92. The van der Waals surface area contributed by atoms with Crippen LogP contribution in [0.4, 0.5) is 5.82 Å². The van der Waals surface area contributed by atoms with E-state index < -0.39 is 0 Å². The number of anilines is 1. The summed E-state index contributed by atoms with van der Waals surface area (Å²) in [4.78, 5) is 34.8. The van der Waals surface area contributed by atoms with Crippen LogP contribution in [0.3, 0.4) is 0 Å². The molecule has 7 heteroatoms. The number of carbonyl (C=O) groups excluding carboxylic acids is 1. The van der Waals surface area contributed by atoms with E-state index in [-0.39, 0.29) is 17.0 Å². The van der Waals surface area contributed by atoms with E-state index >= 15 is 0 Å². The summed E-state index contributed by atoms with van der Waals surface area (Å²) in [5.41, 5.74) is -0.0792. The number of amides is 1. The van der Waals surface area contributed by atoms with Gasteiger partial charge in [-0.15, -0.1) is 0 Å². The number of piperidine rings is 1. The van der Waals surface area contributed by atoms with Gasteiger partial charge in [-0.2, -0.15) is 0 Å². The first-order valence-electron chi connectivity index (χ1n) is 8.10. The Kier molecular flexibility index (Phi) is 4.88. The van der Waals surface area contributed by atoms with Gasteiger partial charge in [-0.25, -0.2) is 4.98 Å². The average Bonchev–Trinajstić information content (AvgIpc) is 2.63. The molecular weight excluding hydrogens is 306 g/mol. The molecule has 0 aliphatic carbocycles. The first-order valence-corrected chi connectivity index (χ1v) is 8.10. The number of pyridine rings is 1. The molecule has 24 heavy (non-hydrogen) atoms. The predicted molar refractivity (Wildman–Crippen MR) is 91.0 cm³/mol. The van der Waals surface area contributed by atoms with Crippen LogP contribution in [0, 0.1) is 5.92 Å². The van der Waals surface area contributed by atoms with Crippen molar-refractivity contribution in [2.45, 2.75) is 12.8 Å². The number of aromatic nitrogens is 3. The monoisotopic (exact) mass is 327 g/mol. The van der Waals surface area contributed by atoms with Crippen molar-refractivity contribution in [2.24, 2.45) is 13.0 Å². The molecule has 3 rings (SSSR count). The van der Waals surface area contributed by atoms with E-state index in [0.717, 1.165) is 31.7 Å². The van der Waals surface area contributed by atoms with Gasteiger partial charge in [0.05, 0.1) is 6.20 Å². The second-order valence-corrected chi connectivity index (χ2v) is 6.04. The lowest BCUT2D eigenvalue weighted by Crippen LogP contribution is -2.40. The van der Waals surface area contributed by atoms with Crippen molar-refractivity contribution in [2.75, 3.05) is 24.5 Å². The van der Waals surface area contributed by atoms with E-state index in [9.17, 15) is 9.59 Å². The molecule has 3 heterocycles. The summed E-state index contributed by atoms with van der Waals surface area (Å²) in [6.07, 6.45) is 8.73. The quantitative estimate of drug-likeness (QED) is 0.899. The van der Waals surface area contributed by atoms with Crippen LogP contribution < -0.4 is 15.8 Å². The van der Waals surface area contributed by atoms with Crippen LogP contribution in [0.15, 0.2) is 41.7 Å². The number of hydrogen-bond donors (Lipinski definition) is 1. The highest BCUT2D eigenvalue weighted by Gasteiger charge is 2.21. The minimum absolute atomic E-state index is 0.192. The third-order valence-corrected chi connectivity index (χ3v) is 4.41. The molecule has 1 N–H and O–H groups in total. The summed E-state index contributed by atoms with van der Waals surface area (Å²) in [7, 11) is 1.64. The van der Waals surface area contributed by atoms with E-state index in [0.29, 0.717) is 12.5 Å². The summed E-state index contributed by atoms with van der Waals surface area (Å²) in [6.45, 7) is 2.38.